The molecule has 3 atom stereocenters. The molecule has 2 heterocycles. The van der Waals surface area contributed by atoms with Crippen LogP contribution >= 0.6 is 0 Å². The van der Waals surface area contributed by atoms with E-state index in [1.54, 1.807) is 12.3 Å². The number of carbonyl (C=O) groups excluding carboxylic acids is 1. The van der Waals surface area contributed by atoms with Crippen LogP contribution in [0.4, 0.5) is 0 Å². The standard InChI is InChI=1S/C22H31N5O/c23-11-13-1-3-14(4-2-13)12-25-22(28)17-7-8-24-21-19(17)26-20(27-21)18-10-15-5-6-16(18)9-15/h7-8,13-16,18H,1-6,9-12,23H2,(H,25,28)(H,24,26,27)/t13-,14-,15?,16?,18?. The first kappa shape index (κ1) is 18.1. The third kappa shape index (κ3) is 3.32. The maximum Gasteiger partial charge on any atom is 0.253 e. The normalized spacial score (nSPS) is 32.1. The Labute approximate surface area is 166 Å². The molecule has 3 fully saturated rings. The molecule has 6 heteroatoms. The number of fused-ring (bicyclic) bond motifs is 3. The summed E-state index contributed by atoms with van der Waals surface area (Å²) in [5, 5.41) is 3.15. The Morgan fingerprint density at radius 2 is 1.96 bits per heavy atom. The van der Waals surface area contributed by atoms with E-state index in [0.29, 0.717) is 23.3 Å². The lowest BCUT2D eigenvalue weighted by atomic mass is 9.82. The third-order valence-electron chi connectivity index (χ3n) is 7.59. The Morgan fingerprint density at radius 3 is 2.68 bits per heavy atom. The molecular weight excluding hydrogens is 350 g/mol. The predicted octanol–water partition coefficient (Wildman–Crippen LogP) is 3.36. The number of carbonyl (C=O) groups is 1. The Bertz CT molecular complexity index is 854. The van der Waals surface area contributed by atoms with Crippen molar-refractivity contribution in [2.75, 3.05) is 13.1 Å². The van der Waals surface area contributed by atoms with Gasteiger partial charge in [0.15, 0.2) is 5.65 Å². The quantitative estimate of drug-likeness (QED) is 0.740. The molecule has 0 radical (unpaired) electrons. The van der Waals surface area contributed by atoms with Gasteiger partial charge >= 0.3 is 0 Å². The molecular formula is C22H31N5O. The highest BCUT2D eigenvalue weighted by Crippen LogP contribution is 2.52. The fourth-order valence-electron chi connectivity index (χ4n) is 5.87. The van der Waals surface area contributed by atoms with E-state index in [0.717, 1.165) is 54.8 Å². The van der Waals surface area contributed by atoms with Gasteiger partial charge in [-0.3, -0.25) is 4.79 Å². The molecule has 4 N–H and O–H groups in total. The summed E-state index contributed by atoms with van der Waals surface area (Å²) < 4.78 is 0. The molecule has 3 aliphatic rings. The SMILES string of the molecule is NC[C@H]1CC[C@H](CNC(=O)c2ccnc3[nH]c(C4CC5CCC4C5)nc23)CC1. The largest absolute Gasteiger partial charge is 0.352 e. The number of aromatic nitrogens is 3. The van der Waals surface area contributed by atoms with Gasteiger partial charge in [0.05, 0.1) is 5.56 Å². The number of hydrogen-bond donors (Lipinski definition) is 3. The molecule has 0 aliphatic heterocycles. The van der Waals surface area contributed by atoms with E-state index in [2.05, 4.69) is 15.3 Å². The second-order valence-corrected chi connectivity index (χ2v) is 9.29. The number of imidazole rings is 1. The fourth-order valence-corrected chi connectivity index (χ4v) is 5.87. The zero-order chi connectivity index (χ0) is 19.1. The van der Waals surface area contributed by atoms with E-state index < -0.39 is 0 Å². The molecule has 3 aliphatic carbocycles. The van der Waals surface area contributed by atoms with E-state index in [1.165, 1.54) is 38.5 Å². The number of nitrogens with zero attached hydrogens (tertiary/aromatic N) is 2. The van der Waals surface area contributed by atoms with Crippen LogP contribution in [0.2, 0.25) is 0 Å². The number of amides is 1. The molecule has 3 saturated carbocycles. The van der Waals surface area contributed by atoms with Gasteiger partial charge in [0.25, 0.3) is 5.91 Å². The topological polar surface area (TPSA) is 96.7 Å². The van der Waals surface area contributed by atoms with Crippen molar-refractivity contribution in [1.29, 1.82) is 0 Å². The van der Waals surface area contributed by atoms with Crippen molar-refractivity contribution in [3.63, 3.8) is 0 Å². The number of hydrogen-bond acceptors (Lipinski definition) is 4. The lowest BCUT2D eigenvalue weighted by Gasteiger charge is -2.27. The first-order valence-corrected chi connectivity index (χ1v) is 11.0. The lowest BCUT2D eigenvalue weighted by molar-refractivity contribution is 0.0943. The maximum atomic E-state index is 12.9. The summed E-state index contributed by atoms with van der Waals surface area (Å²) >= 11 is 0. The summed E-state index contributed by atoms with van der Waals surface area (Å²) in [6.45, 7) is 1.53. The summed E-state index contributed by atoms with van der Waals surface area (Å²) in [7, 11) is 0. The number of pyridine rings is 1. The van der Waals surface area contributed by atoms with E-state index >= 15 is 0 Å². The average Bonchev–Trinajstić information content (AvgIpc) is 3.46. The van der Waals surface area contributed by atoms with Crippen molar-refractivity contribution in [2.24, 2.45) is 29.4 Å². The summed E-state index contributed by atoms with van der Waals surface area (Å²) in [4.78, 5) is 25.6. The molecule has 3 unspecified atom stereocenters. The lowest BCUT2D eigenvalue weighted by Crippen LogP contribution is -2.32. The van der Waals surface area contributed by atoms with Gasteiger partial charge in [-0.25, -0.2) is 9.97 Å². The van der Waals surface area contributed by atoms with Gasteiger partial charge in [-0.1, -0.05) is 6.42 Å². The monoisotopic (exact) mass is 381 g/mol. The number of rotatable bonds is 5. The van der Waals surface area contributed by atoms with Crippen LogP contribution in [0.3, 0.4) is 0 Å². The van der Waals surface area contributed by atoms with Gasteiger partial charge < -0.3 is 16.0 Å². The molecule has 0 spiro atoms. The van der Waals surface area contributed by atoms with Crippen molar-refractivity contribution < 1.29 is 4.79 Å². The molecule has 2 aromatic rings. The summed E-state index contributed by atoms with van der Waals surface area (Å²) in [6.07, 6.45) is 11.7. The highest BCUT2D eigenvalue weighted by molar-refractivity contribution is 6.04. The van der Waals surface area contributed by atoms with E-state index in [1.807, 2.05) is 0 Å². The maximum absolute atomic E-state index is 12.9. The highest BCUT2D eigenvalue weighted by Gasteiger charge is 2.41. The van der Waals surface area contributed by atoms with E-state index in [9.17, 15) is 4.79 Å². The third-order valence-corrected chi connectivity index (χ3v) is 7.59. The van der Waals surface area contributed by atoms with Crippen molar-refractivity contribution >= 4 is 17.1 Å². The molecule has 5 rings (SSSR count). The molecule has 2 aromatic heterocycles. The molecule has 28 heavy (non-hydrogen) atoms. The Balaban J connectivity index is 1.28. The number of nitrogens with two attached hydrogens (primary N) is 1. The highest BCUT2D eigenvalue weighted by atomic mass is 16.1. The Morgan fingerprint density at radius 1 is 1.14 bits per heavy atom. The van der Waals surface area contributed by atoms with Crippen LogP contribution in [-0.2, 0) is 0 Å². The molecule has 0 saturated heterocycles. The second-order valence-electron chi connectivity index (χ2n) is 9.29. The van der Waals surface area contributed by atoms with Crippen molar-refractivity contribution in [1.82, 2.24) is 20.3 Å². The van der Waals surface area contributed by atoms with E-state index in [-0.39, 0.29) is 5.91 Å². The fraction of sp³-hybridized carbons (Fsp3) is 0.682. The average molecular weight is 382 g/mol. The Hall–Kier alpha value is -1.95. The van der Waals surface area contributed by atoms with Crippen LogP contribution in [0.5, 0.6) is 0 Å². The second kappa shape index (κ2) is 7.47. The first-order chi connectivity index (χ1) is 13.7. The van der Waals surface area contributed by atoms with Crippen LogP contribution in [0.1, 0.15) is 73.5 Å². The zero-order valence-electron chi connectivity index (χ0n) is 16.5. The molecule has 2 bridgehead atoms. The Kier molecular flexibility index (Phi) is 4.83. The van der Waals surface area contributed by atoms with Crippen LogP contribution < -0.4 is 11.1 Å². The van der Waals surface area contributed by atoms with Crippen molar-refractivity contribution in [2.45, 2.75) is 57.3 Å². The summed E-state index contributed by atoms with van der Waals surface area (Å²) in [5.41, 5.74) is 7.90. The summed E-state index contributed by atoms with van der Waals surface area (Å²) in [6, 6.07) is 1.80. The van der Waals surface area contributed by atoms with Crippen LogP contribution in [-0.4, -0.2) is 33.9 Å². The zero-order valence-corrected chi connectivity index (χ0v) is 16.5. The predicted molar refractivity (Wildman–Crippen MR) is 109 cm³/mol. The number of aromatic amines is 1. The molecule has 150 valence electrons. The minimum Gasteiger partial charge on any atom is -0.352 e. The van der Waals surface area contributed by atoms with Gasteiger partial charge in [0, 0.05) is 18.7 Å². The van der Waals surface area contributed by atoms with Crippen molar-refractivity contribution in [3.05, 3.63) is 23.7 Å². The molecule has 1 amide bonds. The minimum absolute atomic E-state index is 0.0284. The van der Waals surface area contributed by atoms with Crippen molar-refractivity contribution in [3.8, 4) is 0 Å². The molecule has 0 aromatic carbocycles. The number of H-pyrrole nitrogens is 1. The van der Waals surface area contributed by atoms with Gasteiger partial charge in [0.2, 0.25) is 0 Å². The van der Waals surface area contributed by atoms with E-state index in [4.69, 9.17) is 10.7 Å². The minimum atomic E-state index is -0.0284. The smallest absolute Gasteiger partial charge is 0.253 e. The van der Waals surface area contributed by atoms with Gasteiger partial charge in [-0.05, 0) is 81.2 Å². The van der Waals surface area contributed by atoms with Crippen LogP contribution in [0.15, 0.2) is 12.3 Å². The number of nitrogens with one attached hydrogen (secondary N) is 2. The van der Waals surface area contributed by atoms with Crippen LogP contribution in [0, 0.1) is 23.7 Å². The van der Waals surface area contributed by atoms with Gasteiger partial charge in [-0.15, -0.1) is 0 Å². The van der Waals surface area contributed by atoms with Crippen LogP contribution in [0.25, 0.3) is 11.2 Å². The molecule has 6 nitrogen and oxygen atoms in total. The van der Waals surface area contributed by atoms with Gasteiger partial charge in [0.1, 0.15) is 11.3 Å². The first-order valence-electron chi connectivity index (χ1n) is 11.0. The summed E-state index contributed by atoms with van der Waals surface area (Å²) in [5.74, 6) is 4.38. The van der Waals surface area contributed by atoms with Gasteiger partial charge in [-0.2, -0.15) is 0 Å².